The van der Waals surface area contributed by atoms with Gasteiger partial charge in [-0.3, -0.25) is 18.4 Å². The van der Waals surface area contributed by atoms with Crippen molar-refractivity contribution in [2.45, 2.75) is 18.8 Å². The average Bonchev–Trinajstić information content (AvgIpc) is 3.61. The Bertz CT molecular complexity index is 2110. The summed E-state index contributed by atoms with van der Waals surface area (Å²) in [4.78, 5) is 40.9. The fraction of sp³-hybridized carbons (Fsp3) is 0.250. The molecule has 2 N–H and O–H groups in total. The van der Waals surface area contributed by atoms with Crippen LogP contribution in [0.5, 0.6) is 0 Å². The molecule has 11 nitrogen and oxygen atoms in total. The topological polar surface area (TPSA) is 123 Å². The zero-order chi connectivity index (χ0) is 31.9. The Morgan fingerprint density at radius 1 is 1.11 bits per heavy atom. The van der Waals surface area contributed by atoms with Crippen LogP contribution in [-0.4, -0.2) is 72.1 Å². The minimum Gasteiger partial charge on any atom is -0.382 e. The fourth-order valence-electron chi connectivity index (χ4n) is 5.76. The van der Waals surface area contributed by atoms with Gasteiger partial charge < -0.3 is 20.3 Å². The second-order valence-electron chi connectivity index (χ2n) is 10.7. The number of hydrogen-bond acceptors (Lipinski definition) is 7. The predicted octanol–water partition coefficient (Wildman–Crippen LogP) is 4.22. The number of amides is 2. The molecule has 7 rings (SSSR count). The number of nitrogens with zero attached hydrogens (tertiary/aromatic N) is 7. The van der Waals surface area contributed by atoms with Gasteiger partial charge in [-0.15, -0.1) is 0 Å². The maximum atomic E-state index is 15.3. The highest BCUT2D eigenvalue weighted by Crippen LogP contribution is 2.38. The molecule has 1 atom stereocenters. The molecule has 0 spiro atoms. The molecule has 2 amide bonds. The molecule has 2 aliphatic heterocycles. The molecule has 0 aliphatic carbocycles. The van der Waals surface area contributed by atoms with Gasteiger partial charge in [-0.25, -0.2) is 19.3 Å². The number of carbonyl (C=O) groups excluding carboxylic acids is 2. The van der Waals surface area contributed by atoms with Gasteiger partial charge in [0, 0.05) is 43.5 Å². The van der Waals surface area contributed by atoms with E-state index in [-0.39, 0.29) is 46.9 Å². The summed E-state index contributed by atoms with van der Waals surface area (Å²) in [5, 5.41) is 0. The van der Waals surface area contributed by atoms with Crippen molar-refractivity contribution in [3.63, 3.8) is 0 Å². The number of likely N-dealkylation sites (N-methyl/N-ethyl adjacent to an activating group) is 1. The molecule has 1 fully saturated rings. The Morgan fingerprint density at radius 2 is 1.87 bits per heavy atom. The Hall–Kier alpha value is -5.19. The zero-order valence-corrected chi connectivity index (χ0v) is 23.1. The Kier molecular flexibility index (Phi) is 6.29. The number of nitrogens with two attached hydrogens (primary N) is 1. The van der Waals surface area contributed by atoms with Crippen molar-refractivity contribution < 1.29 is 40.7 Å². The van der Waals surface area contributed by atoms with Gasteiger partial charge in [0.25, 0.3) is 17.9 Å². The number of fused-ring (bicyclic) bond motifs is 6. The van der Waals surface area contributed by atoms with E-state index in [1.807, 2.05) is 0 Å². The van der Waals surface area contributed by atoms with E-state index in [4.69, 9.17) is 10.5 Å². The van der Waals surface area contributed by atoms with Gasteiger partial charge in [0.15, 0.2) is 11.4 Å². The van der Waals surface area contributed by atoms with Gasteiger partial charge in [0.1, 0.15) is 22.8 Å². The number of aromatic nitrogens is 5. The number of halogens is 6. The van der Waals surface area contributed by atoms with Gasteiger partial charge in [0.05, 0.1) is 48.4 Å². The number of pyridine rings is 1. The van der Waals surface area contributed by atoms with Crippen LogP contribution < -0.4 is 5.73 Å². The third kappa shape index (κ3) is 4.36. The Balaban J connectivity index is 1.28. The van der Waals surface area contributed by atoms with Crippen molar-refractivity contribution >= 4 is 39.8 Å². The first-order valence-corrected chi connectivity index (χ1v) is 13.3. The largest absolute Gasteiger partial charge is 0.434 e. The summed E-state index contributed by atoms with van der Waals surface area (Å²) < 4.78 is 91.6. The zero-order valence-electron chi connectivity index (χ0n) is 23.1. The smallest absolute Gasteiger partial charge is 0.382 e. The van der Waals surface area contributed by atoms with E-state index in [2.05, 4.69) is 15.0 Å². The maximum Gasteiger partial charge on any atom is 0.434 e. The number of hydrogen-bond donors (Lipinski definition) is 1. The van der Waals surface area contributed by atoms with Crippen molar-refractivity contribution in [1.82, 2.24) is 33.6 Å². The molecule has 0 saturated carbocycles. The van der Waals surface area contributed by atoms with Crippen LogP contribution in [-0.2, 0) is 17.5 Å². The van der Waals surface area contributed by atoms with E-state index >= 15 is 4.39 Å². The van der Waals surface area contributed by atoms with Crippen molar-refractivity contribution in [3.05, 3.63) is 82.5 Å². The van der Waals surface area contributed by atoms with Crippen LogP contribution in [0.2, 0.25) is 0 Å². The van der Waals surface area contributed by atoms with Gasteiger partial charge in [-0.05, 0) is 17.7 Å². The Labute approximate surface area is 248 Å². The molecule has 1 aromatic carbocycles. The molecule has 17 heteroatoms. The molecule has 4 aromatic heterocycles. The van der Waals surface area contributed by atoms with E-state index in [1.165, 1.54) is 36.6 Å². The van der Waals surface area contributed by atoms with Crippen molar-refractivity contribution in [3.8, 4) is 0 Å². The third-order valence-corrected chi connectivity index (χ3v) is 8.09. The van der Waals surface area contributed by atoms with E-state index in [0.29, 0.717) is 21.0 Å². The number of imidazole rings is 2. The standard InChI is InChI=1S/C28H20F6N8O3/c1-39(26(43)14-4-18-17(5-16(14)29)37-24(35)19-6-36-11-42(18)19)20-10-45-9-15-13(20)2-3-41-22(28(32,33)34)21(38-25(15)41)27(44)40-7-12(8-40)23(30)31/h2-6,11,20H,7-10H2,1H3,(H2,35,37). The summed E-state index contributed by atoms with van der Waals surface area (Å²) >= 11 is 0. The van der Waals surface area contributed by atoms with Crippen LogP contribution >= 0.6 is 0 Å². The van der Waals surface area contributed by atoms with Crippen molar-refractivity contribution in [2.24, 2.45) is 0 Å². The van der Waals surface area contributed by atoms with Crippen molar-refractivity contribution in [2.75, 3.05) is 32.5 Å². The van der Waals surface area contributed by atoms with E-state index in [9.17, 15) is 31.5 Å². The normalized spacial score (nSPS) is 16.7. The van der Waals surface area contributed by atoms with E-state index in [0.717, 1.165) is 17.2 Å². The summed E-state index contributed by atoms with van der Waals surface area (Å²) in [6.07, 6.45) is -3.03. The number of benzene rings is 1. The number of likely N-dealkylation sites (tertiary alicyclic amines) is 1. The summed E-state index contributed by atoms with van der Waals surface area (Å²) in [5.41, 5.74) is 4.29. The molecule has 0 bridgehead atoms. The number of alkyl halides is 3. The summed E-state index contributed by atoms with van der Waals surface area (Å²) in [6.45, 7) is -1.28. The third-order valence-electron chi connectivity index (χ3n) is 8.09. The monoisotopic (exact) mass is 630 g/mol. The SMILES string of the molecule is CN(C(=O)c1cc2c(cc1F)nc(N)c1cncn12)C1COCc2c1ccn1c(C(F)(F)F)c(C(=O)N3CC(=C(F)F)C3)nc21. The highest BCUT2D eigenvalue weighted by atomic mass is 19.4. The number of carbonyl (C=O) groups is 2. The molecule has 6 heterocycles. The van der Waals surface area contributed by atoms with Crippen LogP contribution in [0.3, 0.4) is 0 Å². The Morgan fingerprint density at radius 3 is 2.58 bits per heavy atom. The molecular weight excluding hydrogens is 610 g/mol. The molecule has 232 valence electrons. The number of rotatable bonds is 3. The van der Waals surface area contributed by atoms with Crippen LogP contribution in [0.4, 0.5) is 32.2 Å². The first kappa shape index (κ1) is 28.6. The first-order chi connectivity index (χ1) is 21.3. The molecule has 1 saturated heterocycles. The van der Waals surface area contributed by atoms with Gasteiger partial charge in [-0.2, -0.15) is 22.0 Å². The van der Waals surface area contributed by atoms with Gasteiger partial charge >= 0.3 is 6.18 Å². The summed E-state index contributed by atoms with van der Waals surface area (Å²) in [5.74, 6) is -2.66. The number of anilines is 1. The predicted molar refractivity (Wildman–Crippen MR) is 145 cm³/mol. The fourth-order valence-corrected chi connectivity index (χ4v) is 5.76. The molecule has 5 aromatic rings. The van der Waals surface area contributed by atoms with Crippen LogP contribution in [0, 0.1) is 5.82 Å². The number of nitrogen functional groups attached to an aromatic ring is 1. The second kappa shape index (κ2) is 9.91. The van der Waals surface area contributed by atoms with Gasteiger partial charge in [-0.1, -0.05) is 0 Å². The first-order valence-electron chi connectivity index (χ1n) is 13.3. The van der Waals surface area contributed by atoms with Gasteiger partial charge in [0.2, 0.25) is 0 Å². The molecule has 45 heavy (non-hydrogen) atoms. The van der Waals surface area contributed by atoms with Crippen LogP contribution in [0.15, 0.2) is 48.6 Å². The number of ether oxygens (including phenoxy) is 1. The maximum absolute atomic E-state index is 15.3. The summed E-state index contributed by atoms with van der Waals surface area (Å²) in [7, 11) is 1.40. The van der Waals surface area contributed by atoms with E-state index < -0.39 is 60.4 Å². The highest BCUT2D eigenvalue weighted by Gasteiger charge is 2.44. The lowest BCUT2D eigenvalue weighted by atomic mass is 9.98. The molecular formula is C28H20F6N8O3. The van der Waals surface area contributed by atoms with E-state index in [1.54, 1.807) is 4.40 Å². The molecule has 1 unspecified atom stereocenters. The molecule has 0 radical (unpaired) electrons. The van der Waals surface area contributed by atoms with Crippen LogP contribution in [0.25, 0.3) is 22.2 Å². The minimum absolute atomic E-state index is 0.0687. The second-order valence-corrected chi connectivity index (χ2v) is 10.7. The summed E-state index contributed by atoms with van der Waals surface area (Å²) in [6, 6.07) is 2.86. The lowest BCUT2D eigenvalue weighted by molar-refractivity contribution is -0.142. The lowest BCUT2D eigenvalue weighted by Crippen LogP contribution is -2.45. The minimum atomic E-state index is -5.02. The van der Waals surface area contributed by atoms with Crippen LogP contribution in [0.1, 0.15) is 43.7 Å². The lowest BCUT2D eigenvalue weighted by Gasteiger charge is -2.33. The highest BCUT2D eigenvalue weighted by molar-refractivity contribution is 5.99. The van der Waals surface area contributed by atoms with Crippen molar-refractivity contribution in [1.29, 1.82) is 0 Å². The average molecular weight is 631 g/mol. The molecule has 2 aliphatic rings. The quantitative estimate of drug-likeness (QED) is 0.296.